The van der Waals surface area contributed by atoms with Gasteiger partial charge < -0.3 is 9.52 Å². The maximum atomic E-state index is 15.0. The third kappa shape index (κ3) is 5.21. The van der Waals surface area contributed by atoms with Gasteiger partial charge in [0.15, 0.2) is 17.4 Å². The fourth-order valence-corrected chi connectivity index (χ4v) is 9.23. The molecule has 0 radical (unpaired) electrons. The first-order chi connectivity index (χ1) is 25.4. The number of halogens is 4. The van der Waals surface area contributed by atoms with E-state index >= 15 is 4.79 Å². The summed E-state index contributed by atoms with van der Waals surface area (Å²) in [6.45, 7) is -0.424. The number of alkyl halides is 3. The lowest BCUT2D eigenvalue weighted by Gasteiger charge is -2.54. The van der Waals surface area contributed by atoms with Crippen LogP contribution >= 0.6 is 11.6 Å². The Labute approximate surface area is 306 Å². The predicted octanol–water partition coefficient (Wildman–Crippen LogP) is 6.71. The number of allylic oxidation sites excluding steroid dienone is 4. The summed E-state index contributed by atoms with van der Waals surface area (Å²) in [5.74, 6) is -6.54. The molecule has 53 heavy (non-hydrogen) atoms. The Bertz CT molecular complexity index is 2240. The van der Waals surface area contributed by atoms with E-state index in [1.165, 1.54) is 13.1 Å². The molecular weight excluding hydrogens is 711 g/mol. The van der Waals surface area contributed by atoms with Crippen molar-refractivity contribution >= 4 is 46.4 Å². The molecule has 0 unspecified atom stereocenters. The number of pyridine rings is 1. The van der Waals surface area contributed by atoms with Gasteiger partial charge in [-0.25, -0.2) is 4.98 Å². The van der Waals surface area contributed by atoms with E-state index in [-0.39, 0.29) is 40.8 Å². The molecule has 0 spiro atoms. The van der Waals surface area contributed by atoms with E-state index in [2.05, 4.69) is 4.98 Å². The van der Waals surface area contributed by atoms with Crippen molar-refractivity contribution in [3.63, 3.8) is 0 Å². The molecule has 2 fully saturated rings. The number of Topliss-reactive ketones (excluding diaryl/α,β-unsaturated/α-hetero) is 1. The molecule has 4 aromatic rings. The van der Waals surface area contributed by atoms with Crippen molar-refractivity contribution in [2.75, 3.05) is 12.1 Å². The summed E-state index contributed by atoms with van der Waals surface area (Å²) < 4.78 is 47.1. The average molecular weight is 742 g/mol. The van der Waals surface area contributed by atoms with Crippen LogP contribution in [0.5, 0.6) is 0 Å². The van der Waals surface area contributed by atoms with Gasteiger partial charge >= 0.3 is 6.18 Å². The fraction of sp³-hybridized carbons (Fsp3) is 0.275. The SMILES string of the molecule is CN(c1nc(C(F)(F)F)ccc1Cl)N1C(=O)[C@H]2[C@H](CC=C3[C@H]2C[C@H]2C(=O)C(c4ccccc4)=CC(=O)[C@@]2(c2ccccc2)[C@H]3c2ccc(CO)o2)C1=O. The van der Waals surface area contributed by atoms with Crippen LogP contribution in [0.15, 0.2) is 107 Å². The molecule has 6 atom stereocenters. The van der Waals surface area contributed by atoms with Crippen molar-refractivity contribution in [2.24, 2.45) is 23.7 Å². The third-order valence-electron chi connectivity index (χ3n) is 11.2. The maximum absolute atomic E-state index is 15.0. The normalized spacial score (nSPS) is 26.8. The summed E-state index contributed by atoms with van der Waals surface area (Å²) in [7, 11) is 1.25. The summed E-state index contributed by atoms with van der Waals surface area (Å²) in [5, 5.41) is 11.5. The topological polar surface area (TPSA) is 121 Å². The summed E-state index contributed by atoms with van der Waals surface area (Å²) in [5.41, 5.74) is -0.794. The highest BCUT2D eigenvalue weighted by atomic mass is 35.5. The monoisotopic (exact) mass is 741 g/mol. The molecule has 9 nitrogen and oxygen atoms in total. The van der Waals surface area contributed by atoms with Crippen LogP contribution in [0.2, 0.25) is 5.02 Å². The van der Waals surface area contributed by atoms with E-state index in [1.807, 2.05) is 6.08 Å². The third-order valence-corrected chi connectivity index (χ3v) is 11.5. The Morgan fingerprint density at radius 3 is 2.30 bits per heavy atom. The molecule has 3 aliphatic carbocycles. The number of furan rings is 1. The van der Waals surface area contributed by atoms with Crippen molar-refractivity contribution in [3.8, 4) is 0 Å². The van der Waals surface area contributed by atoms with Crippen molar-refractivity contribution in [2.45, 2.75) is 37.0 Å². The zero-order valence-electron chi connectivity index (χ0n) is 28.1. The van der Waals surface area contributed by atoms with Crippen LogP contribution in [0.4, 0.5) is 19.0 Å². The van der Waals surface area contributed by atoms with Gasteiger partial charge in [0, 0.05) is 18.5 Å². The number of hydrogen-bond donors (Lipinski definition) is 1. The average Bonchev–Trinajstić information content (AvgIpc) is 3.73. The number of carbonyl (C=O) groups excluding carboxylic acids is 4. The quantitative estimate of drug-likeness (QED) is 0.171. The molecular formula is C40H31ClF3N3O6. The van der Waals surface area contributed by atoms with Crippen molar-refractivity contribution < 1.29 is 41.9 Å². The number of hydrogen-bond acceptors (Lipinski definition) is 8. The minimum Gasteiger partial charge on any atom is -0.463 e. The van der Waals surface area contributed by atoms with Crippen LogP contribution in [0, 0.1) is 23.7 Å². The Hall–Kier alpha value is -5.33. The van der Waals surface area contributed by atoms with Crippen LogP contribution < -0.4 is 5.01 Å². The Balaban J connectivity index is 1.29. The molecule has 4 aliphatic rings. The predicted molar refractivity (Wildman–Crippen MR) is 186 cm³/mol. The van der Waals surface area contributed by atoms with Gasteiger partial charge in [0.2, 0.25) is 0 Å². The first-order valence-corrected chi connectivity index (χ1v) is 17.4. The highest BCUT2D eigenvalue weighted by molar-refractivity contribution is 6.33. The Morgan fingerprint density at radius 2 is 1.64 bits per heavy atom. The van der Waals surface area contributed by atoms with Crippen LogP contribution in [0.1, 0.15) is 47.1 Å². The molecule has 1 saturated carbocycles. The maximum Gasteiger partial charge on any atom is 0.433 e. The van der Waals surface area contributed by atoms with Gasteiger partial charge in [-0.15, -0.1) is 0 Å². The van der Waals surface area contributed by atoms with Gasteiger partial charge in [-0.05, 0) is 60.2 Å². The Kier molecular flexibility index (Phi) is 8.30. The van der Waals surface area contributed by atoms with Gasteiger partial charge in [-0.3, -0.25) is 24.2 Å². The smallest absolute Gasteiger partial charge is 0.433 e. The number of rotatable bonds is 6. The molecule has 2 aromatic carbocycles. The number of hydrazine groups is 1. The molecule has 1 aliphatic heterocycles. The van der Waals surface area contributed by atoms with E-state index < -0.39 is 71.1 Å². The number of imide groups is 1. The summed E-state index contributed by atoms with van der Waals surface area (Å²) >= 11 is 6.29. The lowest BCUT2D eigenvalue weighted by atomic mass is 9.45. The van der Waals surface area contributed by atoms with Crippen LogP contribution in [-0.2, 0) is 37.4 Å². The molecule has 13 heteroatoms. The molecule has 2 aromatic heterocycles. The first-order valence-electron chi connectivity index (χ1n) is 17.0. The highest BCUT2D eigenvalue weighted by Gasteiger charge is 2.67. The Morgan fingerprint density at radius 1 is 0.943 bits per heavy atom. The molecule has 0 bridgehead atoms. The van der Waals surface area contributed by atoms with E-state index in [1.54, 1.807) is 72.8 Å². The van der Waals surface area contributed by atoms with Crippen molar-refractivity contribution in [1.29, 1.82) is 0 Å². The molecule has 1 N–H and O–H groups in total. The number of aliphatic hydroxyl groups excluding tert-OH is 1. The number of carbonyl (C=O) groups is 4. The molecule has 270 valence electrons. The second kappa shape index (κ2) is 12.7. The van der Waals surface area contributed by atoms with E-state index in [0.29, 0.717) is 28.5 Å². The number of ketones is 2. The first kappa shape index (κ1) is 34.7. The second-order valence-corrected chi connectivity index (χ2v) is 14.2. The van der Waals surface area contributed by atoms with Gasteiger partial charge in [0.1, 0.15) is 23.8 Å². The van der Waals surface area contributed by atoms with E-state index in [9.17, 15) is 32.7 Å². The standard InChI is InChI=1S/C40H31ClF3N3O6/c1-46(36-29(41)15-17-31(45-36)40(42,43)44)47-37(51)25-14-13-24-27(33(25)38(47)52)18-28-35(50)26(21-8-4-2-5-9-21)19-32(49)39(28,22-10-6-3-7-11-22)34(24)30-16-12-23(20-48)53-30/h2-13,15-17,19,25,27-28,33-34,48H,14,18,20H2,1H3/t25-,27+,28-,33-,34+,39-/m0/s1. The number of fused-ring (bicyclic) bond motifs is 4. The number of amides is 2. The number of nitrogens with zero attached hydrogens (tertiary/aromatic N) is 3. The van der Waals surface area contributed by atoms with Crippen LogP contribution in [0.3, 0.4) is 0 Å². The van der Waals surface area contributed by atoms with E-state index in [4.69, 9.17) is 16.0 Å². The largest absolute Gasteiger partial charge is 0.463 e. The lowest BCUT2D eigenvalue weighted by molar-refractivity contribution is -0.141. The van der Waals surface area contributed by atoms with Crippen molar-refractivity contribution in [1.82, 2.24) is 9.99 Å². The zero-order chi connectivity index (χ0) is 37.4. The van der Waals surface area contributed by atoms with Gasteiger partial charge in [-0.2, -0.15) is 18.2 Å². The van der Waals surface area contributed by atoms with Gasteiger partial charge in [0.05, 0.1) is 28.2 Å². The summed E-state index contributed by atoms with van der Waals surface area (Å²) in [6.07, 6.45) is -1.50. The van der Waals surface area contributed by atoms with Gasteiger partial charge in [0.25, 0.3) is 11.8 Å². The van der Waals surface area contributed by atoms with Crippen LogP contribution in [-0.4, -0.2) is 45.5 Å². The summed E-state index contributed by atoms with van der Waals surface area (Å²) in [6, 6.07) is 22.7. The summed E-state index contributed by atoms with van der Waals surface area (Å²) in [4.78, 5) is 62.3. The molecule has 1 saturated heterocycles. The number of aromatic nitrogens is 1. The fourth-order valence-electron chi connectivity index (χ4n) is 9.01. The molecule has 2 amide bonds. The zero-order valence-corrected chi connectivity index (χ0v) is 28.8. The number of benzene rings is 2. The minimum atomic E-state index is -4.81. The highest BCUT2D eigenvalue weighted by Crippen LogP contribution is 2.64. The number of anilines is 1. The van der Waals surface area contributed by atoms with Gasteiger partial charge in [-0.1, -0.05) is 83.9 Å². The van der Waals surface area contributed by atoms with Crippen LogP contribution in [0.25, 0.3) is 5.57 Å². The number of aliphatic hydroxyl groups is 1. The lowest BCUT2D eigenvalue weighted by Crippen LogP contribution is -2.58. The molecule has 8 rings (SSSR count). The van der Waals surface area contributed by atoms with E-state index in [0.717, 1.165) is 16.1 Å². The second-order valence-electron chi connectivity index (χ2n) is 13.8. The minimum absolute atomic E-state index is 0.0137. The van der Waals surface area contributed by atoms with Crippen molar-refractivity contribution in [3.05, 3.63) is 136 Å². The molecule has 3 heterocycles.